The van der Waals surface area contributed by atoms with Gasteiger partial charge >= 0.3 is 12.1 Å². The summed E-state index contributed by atoms with van der Waals surface area (Å²) in [5.74, 6) is -2.15. The van der Waals surface area contributed by atoms with Crippen molar-refractivity contribution in [3.63, 3.8) is 0 Å². The number of carboxylic acid groups (broad SMARTS) is 1. The van der Waals surface area contributed by atoms with Crippen LogP contribution in [0.4, 0.5) is 19.0 Å². The highest BCUT2D eigenvalue weighted by molar-refractivity contribution is 7.16. The van der Waals surface area contributed by atoms with Gasteiger partial charge in [0, 0.05) is 29.9 Å². The number of nitrogens with zero attached hydrogens (tertiary/aromatic N) is 3. The fraction of sp³-hybridized carbons (Fsp3) is 0.273. The van der Waals surface area contributed by atoms with Gasteiger partial charge in [-0.3, -0.25) is 4.79 Å². The molecule has 1 unspecified atom stereocenters. The molecule has 0 spiro atoms. The van der Waals surface area contributed by atoms with Crippen molar-refractivity contribution in [2.75, 3.05) is 18.8 Å². The van der Waals surface area contributed by atoms with Gasteiger partial charge in [-0.05, 0) is 42.3 Å². The molecule has 4 N–H and O–H groups in total. The number of carbonyl (C=O) groups excluding carboxylic acids is 1. The number of carboxylic acids is 1. The summed E-state index contributed by atoms with van der Waals surface area (Å²) in [5, 5.41) is 11.3. The molecule has 0 radical (unpaired) electrons. The third-order valence-electron chi connectivity index (χ3n) is 5.00. The van der Waals surface area contributed by atoms with Crippen LogP contribution in [0, 0.1) is 0 Å². The number of nitrogen functional groups attached to an aromatic ring is 1. The fourth-order valence-electron chi connectivity index (χ4n) is 3.33. The third-order valence-corrected chi connectivity index (χ3v) is 6.20. The number of alkyl halides is 3. The Morgan fingerprint density at radius 2 is 2.06 bits per heavy atom. The predicted octanol–water partition coefficient (Wildman–Crippen LogP) is 3.96. The molecule has 1 fully saturated rings. The summed E-state index contributed by atoms with van der Waals surface area (Å²) >= 11 is 7.46. The molecule has 0 bridgehead atoms. The van der Waals surface area contributed by atoms with Gasteiger partial charge in [-0.2, -0.15) is 13.2 Å². The molecule has 1 aromatic carbocycles. The highest BCUT2D eigenvalue weighted by Crippen LogP contribution is 2.23. The van der Waals surface area contributed by atoms with Gasteiger partial charge in [0.15, 0.2) is 0 Å². The third kappa shape index (κ3) is 7.38. The van der Waals surface area contributed by atoms with Gasteiger partial charge in [0.05, 0.1) is 15.9 Å². The molecular weight excluding hydrogens is 507 g/mol. The minimum atomic E-state index is -5.08. The zero-order chi connectivity index (χ0) is 25.6. The van der Waals surface area contributed by atoms with Crippen LogP contribution in [0.3, 0.4) is 0 Å². The highest BCUT2D eigenvalue weighted by Gasteiger charge is 2.38. The van der Waals surface area contributed by atoms with E-state index in [9.17, 15) is 18.0 Å². The Morgan fingerprint density at radius 3 is 2.71 bits per heavy atom. The highest BCUT2D eigenvalue weighted by atomic mass is 35.5. The molecule has 1 aliphatic rings. The van der Waals surface area contributed by atoms with Crippen LogP contribution >= 0.6 is 22.9 Å². The van der Waals surface area contributed by atoms with E-state index >= 15 is 0 Å². The normalized spacial score (nSPS) is 16.1. The van der Waals surface area contributed by atoms with Crippen LogP contribution in [0.15, 0.2) is 42.7 Å². The summed E-state index contributed by atoms with van der Waals surface area (Å²) < 4.78 is 32.5. The van der Waals surface area contributed by atoms with Gasteiger partial charge in [-0.1, -0.05) is 23.7 Å². The second-order valence-corrected chi connectivity index (χ2v) is 9.21. The lowest BCUT2D eigenvalue weighted by Crippen LogP contribution is -2.38. The second-order valence-electron chi connectivity index (χ2n) is 7.47. The number of amides is 1. The van der Waals surface area contributed by atoms with Crippen LogP contribution in [0.25, 0.3) is 17.0 Å². The van der Waals surface area contributed by atoms with E-state index in [0.717, 1.165) is 38.6 Å². The van der Waals surface area contributed by atoms with Crippen LogP contribution in [-0.2, 0) is 16.1 Å². The monoisotopic (exact) mass is 527 g/mol. The van der Waals surface area contributed by atoms with Gasteiger partial charge in [0.1, 0.15) is 12.1 Å². The maximum Gasteiger partial charge on any atom is 0.490 e. The predicted molar refractivity (Wildman–Crippen MR) is 128 cm³/mol. The molecule has 1 aliphatic heterocycles. The number of fused-ring (bicyclic) bond motifs is 1. The topological polar surface area (TPSA) is 121 Å². The molecule has 4 rings (SSSR count). The van der Waals surface area contributed by atoms with Crippen LogP contribution in [0.5, 0.6) is 0 Å². The molecule has 0 aliphatic carbocycles. The first-order valence-electron chi connectivity index (χ1n) is 10.3. The van der Waals surface area contributed by atoms with E-state index in [1.54, 1.807) is 0 Å². The van der Waals surface area contributed by atoms with Gasteiger partial charge in [-0.25, -0.2) is 14.8 Å². The number of benzene rings is 1. The summed E-state index contributed by atoms with van der Waals surface area (Å²) in [4.78, 5) is 32.8. The molecule has 186 valence electrons. The van der Waals surface area contributed by atoms with Crippen molar-refractivity contribution in [2.45, 2.75) is 25.2 Å². The van der Waals surface area contributed by atoms with Crippen molar-refractivity contribution in [1.29, 1.82) is 0 Å². The molecule has 3 heterocycles. The number of thiophene rings is 1. The first kappa shape index (κ1) is 26.4. The number of rotatable bonds is 6. The van der Waals surface area contributed by atoms with Crippen LogP contribution in [0.1, 0.15) is 16.9 Å². The van der Waals surface area contributed by atoms with E-state index < -0.39 is 12.1 Å². The number of hydrogen-bond donors (Lipinski definition) is 3. The number of aliphatic carboxylic acids is 1. The summed E-state index contributed by atoms with van der Waals surface area (Å²) in [6.45, 7) is 1.96. The van der Waals surface area contributed by atoms with Gasteiger partial charge in [0.2, 0.25) is 5.91 Å². The molecule has 1 saturated heterocycles. The minimum Gasteiger partial charge on any atom is -0.475 e. The quantitative estimate of drug-likeness (QED) is 0.443. The van der Waals surface area contributed by atoms with E-state index in [4.69, 9.17) is 27.2 Å². The van der Waals surface area contributed by atoms with Gasteiger partial charge in [0.25, 0.3) is 0 Å². The van der Waals surface area contributed by atoms with E-state index in [1.807, 2.05) is 47.4 Å². The maximum atomic E-state index is 12.7. The number of anilines is 1. The Bertz CT molecular complexity index is 1230. The van der Waals surface area contributed by atoms with Crippen LogP contribution in [0.2, 0.25) is 4.34 Å². The Balaban J connectivity index is 0.000000429. The average molecular weight is 528 g/mol. The van der Waals surface area contributed by atoms with Crippen molar-refractivity contribution in [3.8, 4) is 0 Å². The summed E-state index contributed by atoms with van der Waals surface area (Å²) in [5.41, 5.74) is 7.70. The number of nitrogens with two attached hydrogens (primary N) is 1. The SMILES string of the molecule is Nc1ncnc2cc(CN3CCC(NC/C=C/c4ccc(Cl)s4)C3=O)ccc12.O=C(O)C(F)(F)F. The Hall–Kier alpha value is -3.22. The maximum absolute atomic E-state index is 12.7. The first-order chi connectivity index (χ1) is 16.5. The summed E-state index contributed by atoms with van der Waals surface area (Å²) in [7, 11) is 0. The van der Waals surface area contributed by atoms with Crippen LogP contribution < -0.4 is 11.1 Å². The van der Waals surface area contributed by atoms with E-state index in [2.05, 4.69) is 15.3 Å². The lowest BCUT2D eigenvalue weighted by molar-refractivity contribution is -0.192. The zero-order valence-corrected chi connectivity index (χ0v) is 19.7. The molecule has 1 amide bonds. The smallest absolute Gasteiger partial charge is 0.475 e. The molecule has 13 heteroatoms. The number of aromatic nitrogens is 2. The molecule has 0 saturated carbocycles. The average Bonchev–Trinajstić information content (AvgIpc) is 3.36. The largest absolute Gasteiger partial charge is 0.490 e. The lowest BCUT2D eigenvalue weighted by atomic mass is 10.1. The first-order valence-corrected chi connectivity index (χ1v) is 11.5. The van der Waals surface area contributed by atoms with Crippen molar-refractivity contribution in [1.82, 2.24) is 20.2 Å². The van der Waals surface area contributed by atoms with E-state index in [0.29, 0.717) is 18.9 Å². The van der Waals surface area contributed by atoms with Gasteiger partial charge < -0.3 is 21.1 Å². The van der Waals surface area contributed by atoms with Crippen molar-refractivity contribution < 1.29 is 27.9 Å². The number of halogens is 4. The van der Waals surface area contributed by atoms with Crippen molar-refractivity contribution in [2.24, 2.45) is 0 Å². The van der Waals surface area contributed by atoms with Crippen molar-refractivity contribution >= 4 is 57.6 Å². The molecule has 3 aromatic rings. The number of hydrogen-bond acceptors (Lipinski definition) is 7. The number of likely N-dealkylation sites (tertiary alicyclic amines) is 1. The minimum absolute atomic E-state index is 0.134. The Kier molecular flexibility index (Phi) is 8.65. The standard InChI is InChI=1S/C20H20ClN5OS.C2HF3O2/c21-18-6-4-14(28-18)2-1-8-23-16-7-9-26(20(16)27)11-13-3-5-15-17(10-13)24-12-25-19(15)22;3-2(4,5)1(6)7/h1-6,10,12,16,23H,7-9,11H2,(H2,22,24,25);(H,6,7)/b2-1+;. The molecule has 8 nitrogen and oxygen atoms in total. The zero-order valence-electron chi connectivity index (χ0n) is 18.1. The van der Waals surface area contributed by atoms with Crippen molar-refractivity contribution in [3.05, 3.63) is 57.5 Å². The number of nitrogens with one attached hydrogen (secondary N) is 1. The van der Waals surface area contributed by atoms with E-state index in [1.165, 1.54) is 17.7 Å². The molecule has 35 heavy (non-hydrogen) atoms. The summed E-state index contributed by atoms with van der Waals surface area (Å²) in [6, 6.07) is 9.58. The van der Waals surface area contributed by atoms with E-state index in [-0.39, 0.29) is 11.9 Å². The second kappa shape index (κ2) is 11.5. The Labute approximate surface area is 207 Å². The fourth-order valence-corrected chi connectivity index (χ4v) is 4.32. The Morgan fingerprint density at radius 1 is 1.31 bits per heavy atom. The van der Waals surface area contributed by atoms with Gasteiger partial charge in [-0.15, -0.1) is 11.3 Å². The molecular formula is C22H21ClF3N5O3S. The summed E-state index contributed by atoms with van der Waals surface area (Å²) in [6.07, 6.45) is 1.22. The lowest BCUT2D eigenvalue weighted by Gasteiger charge is -2.17. The van der Waals surface area contributed by atoms with Crippen LogP contribution in [-0.4, -0.2) is 57.2 Å². The number of carbonyl (C=O) groups is 2. The molecule has 2 aromatic heterocycles. The molecule has 1 atom stereocenters.